The predicted octanol–water partition coefficient (Wildman–Crippen LogP) is 1.36. The number of ketones is 1. The van der Waals surface area contributed by atoms with Crippen molar-refractivity contribution in [1.29, 1.82) is 0 Å². The second kappa shape index (κ2) is 6.25. The van der Waals surface area contributed by atoms with Crippen LogP contribution >= 0.6 is 23.5 Å². The van der Waals surface area contributed by atoms with Gasteiger partial charge in [-0.2, -0.15) is 0 Å². The van der Waals surface area contributed by atoms with E-state index in [2.05, 4.69) is 0 Å². The van der Waals surface area contributed by atoms with Crippen molar-refractivity contribution >= 4 is 35.2 Å². The molecule has 2 aliphatic rings. The minimum atomic E-state index is -0.902. The lowest BCUT2D eigenvalue weighted by Gasteiger charge is -2.24. The van der Waals surface area contributed by atoms with E-state index in [9.17, 15) is 9.59 Å². The van der Waals surface area contributed by atoms with Crippen molar-refractivity contribution in [3.05, 3.63) is 0 Å². The highest BCUT2D eigenvalue weighted by molar-refractivity contribution is 8.18. The Balaban J connectivity index is 2.14. The lowest BCUT2D eigenvalue weighted by molar-refractivity contribution is -0.161. The zero-order chi connectivity index (χ0) is 14.9. The molecule has 0 aromatic heterocycles. The van der Waals surface area contributed by atoms with Gasteiger partial charge in [-0.3, -0.25) is 9.59 Å². The van der Waals surface area contributed by atoms with Gasteiger partial charge < -0.3 is 14.4 Å². The number of nitrogens with zero attached hydrogens (tertiary/aromatic N) is 1. The summed E-state index contributed by atoms with van der Waals surface area (Å²) in [4.78, 5) is 26.2. The molecule has 5 nitrogen and oxygen atoms in total. The van der Waals surface area contributed by atoms with Gasteiger partial charge in [0, 0.05) is 14.1 Å². The first-order valence-electron chi connectivity index (χ1n) is 6.65. The standard InChI is InChI=1S/C13H21NO4S2/c1-13(2)17-9(10(18-13)11(16)14(3)4)8(15)12-19-6-5-7-20-12/h9-10,12H,5-7H2,1-4H3/t9-,10+/m0/s1. The second-order valence-electron chi connectivity index (χ2n) is 5.54. The van der Waals surface area contributed by atoms with E-state index >= 15 is 0 Å². The van der Waals surface area contributed by atoms with Crippen LogP contribution in [0.2, 0.25) is 0 Å². The van der Waals surface area contributed by atoms with Crippen LogP contribution in [0.1, 0.15) is 20.3 Å². The summed E-state index contributed by atoms with van der Waals surface area (Å²) in [5, 5.41) is 0. The fourth-order valence-electron chi connectivity index (χ4n) is 2.19. The SMILES string of the molecule is CN(C)C(=O)[C@@H]1OC(C)(C)O[C@H]1C(=O)C1SCCCS1. The van der Waals surface area contributed by atoms with Crippen molar-refractivity contribution in [3.63, 3.8) is 0 Å². The van der Waals surface area contributed by atoms with Crippen LogP contribution in [0.5, 0.6) is 0 Å². The van der Waals surface area contributed by atoms with Gasteiger partial charge in [0.05, 0.1) is 0 Å². The van der Waals surface area contributed by atoms with Crippen molar-refractivity contribution < 1.29 is 19.1 Å². The van der Waals surface area contributed by atoms with Crippen LogP contribution in [0.4, 0.5) is 0 Å². The number of likely N-dealkylation sites (N-methyl/N-ethyl adjacent to an activating group) is 1. The number of rotatable bonds is 3. The average Bonchev–Trinajstić information content (AvgIpc) is 2.74. The second-order valence-corrected chi connectivity index (χ2v) is 8.26. The lowest BCUT2D eigenvalue weighted by atomic mass is 10.1. The fraction of sp³-hybridized carbons (Fsp3) is 0.846. The first-order valence-corrected chi connectivity index (χ1v) is 8.75. The lowest BCUT2D eigenvalue weighted by Crippen LogP contribution is -2.45. The molecule has 0 bridgehead atoms. The fourth-order valence-corrected chi connectivity index (χ4v) is 4.98. The molecule has 0 saturated carbocycles. The van der Waals surface area contributed by atoms with Gasteiger partial charge in [0.1, 0.15) is 4.58 Å². The first kappa shape index (κ1) is 16.1. The van der Waals surface area contributed by atoms with Crippen LogP contribution in [-0.2, 0) is 19.1 Å². The van der Waals surface area contributed by atoms with E-state index in [1.54, 1.807) is 51.5 Å². The van der Waals surface area contributed by atoms with Crippen LogP contribution in [0.3, 0.4) is 0 Å². The van der Waals surface area contributed by atoms with Gasteiger partial charge in [0.15, 0.2) is 23.8 Å². The molecule has 2 atom stereocenters. The molecule has 0 spiro atoms. The number of thioether (sulfide) groups is 2. The first-order chi connectivity index (χ1) is 9.32. The summed E-state index contributed by atoms with van der Waals surface area (Å²) >= 11 is 3.27. The molecule has 0 unspecified atom stereocenters. The summed E-state index contributed by atoms with van der Waals surface area (Å²) in [6.45, 7) is 3.47. The molecule has 114 valence electrons. The molecule has 2 fully saturated rings. The molecular formula is C13H21NO4S2. The van der Waals surface area contributed by atoms with Crippen molar-refractivity contribution in [1.82, 2.24) is 4.90 Å². The van der Waals surface area contributed by atoms with Crippen LogP contribution in [0, 0.1) is 0 Å². The van der Waals surface area contributed by atoms with Gasteiger partial charge in [-0.15, -0.1) is 23.5 Å². The molecule has 2 rings (SSSR count). The van der Waals surface area contributed by atoms with Crippen LogP contribution in [0.15, 0.2) is 0 Å². The number of ether oxygens (including phenoxy) is 2. The van der Waals surface area contributed by atoms with Gasteiger partial charge >= 0.3 is 0 Å². The quantitative estimate of drug-likeness (QED) is 0.783. The molecule has 2 heterocycles. The summed E-state index contributed by atoms with van der Waals surface area (Å²) in [7, 11) is 3.31. The normalized spacial score (nSPS) is 30.2. The van der Waals surface area contributed by atoms with E-state index in [0.29, 0.717) is 0 Å². The summed E-state index contributed by atoms with van der Waals surface area (Å²) < 4.78 is 11.2. The molecule has 0 radical (unpaired) electrons. The Bertz CT molecular complexity index is 394. The maximum absolute atomic E-state index is 12.6. The Morgan fingerprint density at radius 3 is 2.20 bits per heavy atom. The van der Waals surface area contributed by atoms with E-state index < -0.39 is 18.0 Å². The van der Waals surface area contributed by atoms with Crippen molar-refractivity contribution in [2.45, 2.75) is 42.8 Å². The molecule has 0 N–H and O–H groups in total. The zero-order valence-electron chi connectivity index (χ0n) is 12.3. The number of hydrogen-bond donors (Lipinski definition) is 0. The molecular weight excluding hydrogens is 298 g/mol. The number of hydrogen-bond acceptors (Lipinski definition) is 6. The van der Waals surface area contributed by atoms with E-state index in [4.69, 9.17) is 9.47 Å². The molecule has 2 aliphatic heterocycles. The Morgan fingerprint density at radius 2 is 1.65 bits per heavy atom. The number of Topliss-reactive ketones (excluding diaryl/α,β-unsaturated/α-hetero) is 1. The third kappa shape index (κ3) is 3.50. The van der Waals surface area contributed by atoms with Gasteiger partial charge in [-0.25, -0.2) is 0 Å². The number of amides is 1. The highest BCUT2D eigenvalue weighted by atomic mass is 32.2. The summed E-state index contributed by atoms with van der Waals surface area (Å²) in [6.07, 6.45) is -0.522. The maximum Gasteiger partial charge on any atom is 0.254 e. The minimum Gasteiger partial charge on any atom is -0.346 e. The molecule has 0 aromatic carbocycles. The largest absolute Gasteiger partial charge is 0.346 e. The Kier molecular flexibility index (Phi) is 5.05. The van der Waals surface area contributed by atoms with E-state index in [1.165, 1.54) is 4.90 Å². The van der Waals surface area contributed by atoms with Crippen LogP contribution in [-0.4, -0.2) is 64.8 Å². The third-order valence-corrected chi connectivity index (χ3v) is 6.06. The molecule has 7 heteroatoms. The highest BCUT2D eigenvalue weighted by Gasteiger charge is 2.50. The molecule has 0 aromatic rings. The number of carbonyl (C=O) groups excluding carboxylic acids is 2. The Morgan fingerprint density at radius 1 is 1.10 bits per heavy atom. The average molecular weight is 319 g/mol. The Hall–Kier alpha value is -0.240. The monoisotopic (exact) mass is 319 g/mol. The summed E-state index contributed by atoms with van der Waals surface area (Å²) in [5.41, 5.74) is 0. The minimum absolute atomic E-state index is 0.0366. The maximum atomic E-state index is 12.6. The Labute approximate surface area is 128 Å². The van der Waals surface area contributed by atoms with Gasteiger partial charge in [0.25, 0.3) is 5.91 Å². The van der Waals surface area contributed by atoms with Crippen molar-refractivity contribution in [3.8, 4) is 0 Å². The van der Waals surface area contributed by atoms with E-state index in [-0.39, 0.29) is 16.3 Å². The topological polar surface area (TPSA) is 55.8 Å². The van der Waals surface area contributed by atoms with E-state index in [0.717, 1.165) is 17.9 Å². The van der Waals surface area contributed by atoms with Gasteiger partial charge in [-0.1, -0.05) is 0 Å². The zero-order valence-corrected chi connectivity index (χ0v) is 13.9. The molecule has 1 amide bonds. The number of carbonyl (C=O) groups is 2. The smallest absolute Gasteiger partial charge is 0.254 e. The van der Waals surface area contributed by atoms with Crippen LogP contribution in [0.25, 0.3) is 0 Å². The van der Waals surface area contributed by atoms with Crippen molar-refractivity contribution in [2.75, 3.05) is 25.6 Å². The summed E-state index contributed by atoms with van der Waals surface area (Å²) in [5.74, 6) is 0.796. The molecule has 20 heavy (non-hydrogen) atoms. The van der Waals surface area contributed by atoms with Crippen molar-refractivity contribution in [2.24, 2.45) is 0 Å². The molecule has 0 aliphatic carbocycles. The third-order valence-electron chi connectivity index (χ3n) is 3.12. The summed E-state index contributed by atoms with van der Waals surface area (Å²) in [6, 6.07) is 0. The van der Waals surface area contributed by atoms with Gasteiger partial charge in [0.2, 0.25) is 0 Å². The van der Waals surface area contributed by atoms with Gasteiger partial charge in [-0.05, 0) is 31.8 Å². The van der Waals surface area contributed by atoms with E-state index in [1.807, 2.05) is 0 Å². The molecule has 2 saturated heterocycles. The predicted molar refractivity (Wildman–Crippen MR) is 80.8 cm³/mol. The highest BCUT2D eigenvalue weighted by Crippen LogP contribution is 2.37. The van der Waals surface area contributed by atoms with Crippen LogP contribution < -0.4 is 0 Å².